The molecule has 1 heterocycles. The van der Waals surface area contributed by atoms with E-state index in [2.05, 4.69) is 22.2 Å². The van der Waals surface area contributed by atoms with E-state index in [0.717, 1.165) is 24.2 Å². The van der Waals surface area contributed by atoms with Crippen molar-refractivity contribution >= 4 is 11.6 Å². The van der Waals surface area contributed by atoms with Crippen LogP contribution in [0.1, 0.15) is 30.4 Å². The number of aromatic nitrogens is 2. The molecular weight excluding hydrogens is 274 g/mol. The van der Waals surface area contributed by atoms with Gasteiger partial charge in [-0.15, -0.1) is 0 Å². The van der Waals surface area contributed by atoms with Gasteiger partial charge in [0.1, 0.15) is 5.82 Å². The molecule has 0 amide bonds. The topological polar surface area (TPSA) is 57.8 Å². The summed E-state index contributed by atoms with van der Waals surface area (Å²) in [7, 11) is 0. The fourth-order valence-electron chi connectivity index (χ4n) is 1.97. The van der Waals surface area contributed by atoms with Gasteiger partial charge in [0.25, 0.3) is 5.56 Å². The number of nitrogens with one attached hydrogen (secondary N) is 2. The predicted molar refractivity (Wildman–Crippen MR) is 81.1 cm³/mol. The van der Waals surface area contributed by atoms with Crippen LogP contribution in [0.4, 0.5) is 0 Å². The van der Waals surface area contributed by atoms with E-state index >= 15 is 0 Å². The molecule has 20 heavy (non-hydrogen) atoms. The average molecular weight is 292 g/mol. The second-order valence-electron chi connectivity index (χ2n) is 4.67. The molecule has 4 nitrogen and oxygen atoms in total. The molecule has 0 radical (unpaired) electrons. The standard InChI is InChI=1S/C15H18ClN3O/c1-2-6-17-10-13-9-15(20)19-14(18-13)8-11-4-3-5-12(16)7-11/h3-5,7,9,17H,2,6,8,10H2,1H3,(H,18,19,20). The first-order valence-corrected chi connectivity index (χ1v) is 7.09. The quantitative estimate of drug-likeness (QED) is 0.804. The van der Waals surface area contributed by atoms with Crippen molar-refractivity contribution in [2.45, 2.75) is 26.3 Å². The van der Waals surface area contributed by atoms with E-state index < -0.39 is 0 Å². The van der Waals surface area contributed by atoms with Crippen LogP contribution in [0.3, 0.4) is 0 Å². The zero-order chi connectivity index (χ0) is 14.4. The van der Waals surface area contributed by atoms with Crippen molar-refractivity contribution in [1.82, 2.24) is 15.3 Å². The van der Waals surface area contributed by atoms with Crippen LogP contribution in [0.15, 0.2) is 35.1 Å². The molecule has 0 saturated carbocycles. The first-order chi connectivity index (χ1) is 9.67. The third kappa shape index (κ3) is 4.47. The molecule has 5 heteroatoms. The molecule has 0 bridgehead atoms. The SMILES string of the molecule is CCCNCc1cc(=O)[nH]c(Cc2cccc(Cl)c2)n1. The highest BCUT2D eigenvalue weighted by molar-refractivity contribution is 6.30. The maximum Gasteiger partial charge on any atom is 0.251 e. The summed E-state index contributed by atoms with van der Waals surface area (Å²) < 4.78 is 0. The molecule has 0 aliphatic heterocycles. The van der Waals surface area contributed by atoms with E-state index in [9.17, 15) is 4.79 Å². The number of aromatic amines is 1. The minimum Gasteiger partial charge on any atom is -0.311 e. The Hall–Kier alpha value is -1.65. The Morgan fingerprint density at radius 3 is 2.95 bits per heavy atom. The number of H-pyrrole nitrogens is 1. The van der Waals surface area contributed by atoms with Crippen LogP contribution >= 0.6 is 11.6 Å². The number of halogens is 1. The third-order valence-electron chi connectivity index (χ3n) is 2.84. The Bertz CT molecular complexity index is 625. The summed E-state index contributed by atoms with van der Waals surface area (Å²) in [5.41, 5.74) is 1.67. The second-order valence-corrected chi connectivity index (χ2v) is 5.10. The van der Waals surface area contributed by atoms with Crippen LogP contribution in [-0.2, 0) is 13.0 Å². The van der Waals surface area contributed by atoms with Gasteiger partial charge in [0.15, 0.2) is 0 Å². The van der Waals surface area contributed by atoms with Crippen LogP contribution in [0.2, 0.25) is 5.02 Å². The zero-order valence-electron chi connectivity index (χ0n) is 11.4. The molecule has 106 valence electrons. The lowest BCUT2D eigenvalue weighted by molar-refractivity contribution is 0.658. The summed E-state index contributed by atoms with van der Waals surface area (Å²) in [4.78, 5) is 18.9. The van der Waals surface area contributed by atoms with Crippen LogP contribution < -0.4 is 10.9 Å². The van der Waals surface area contributed by atoms with Gasteiger partial charge in [-0.3, -0.25) is 4.79 Å². The van der Waals surface area contributed by atoms with Crippen LogP contribution in [0.25, 0.3) is 0 Å². The van der Waals surface area contributed by atoms with Gasteiger partial charge in [-0.25, -0.2) is 4.98 Å². The van der Waals surface area contributed by atoms with E-state index in [1.165, 1.54) is 6.07 Å². The van der Waals surface area contributed by atoms with Gasteiger partial charge in [-0.1, -0.05) is 30.7 Å². The monoisotopic (exact) mass is 291 g/mol. The van der Waals surface area contributed by atoms with E-state index in [0.29, 0.717) is 23.8 Å². The molecular formula is C15H18ClN3O. The second kappa shape index (κ2) is 7.22. The van der Waals surface area contributed by atoms with Gasteiger partial charge in [0.2, 0.25) is 0 Å². The molecule has 0 aliphatic carbocycles. The minimum absolute atomic E-state index is 0.120. The molecule has 2 N–H and O–H groups in total. The summed E-state index contributed by atoms with van der Waals surface area (Å²) in [6, 6.07) is 9.09. The molecule has 1 aromatic carbocycles. The van der Waals surface area contributed by atoms with Gasteiger partial charge in [0.05, 0.1) is 5.69 Å². The number of hydrogen-bond acceptors (Lipinski definition) is 3. The Labute approximate surface area is 123 Å². The fraction of sp³-hybridized carbons (Fsp3) is 0.333. The van der Waals surface area contributed by atoms with Crippen molar-refractivity contribution in [1.29, 1.82) is 0 Å². The lowest BCUT2D eigenvalue weighted by atomic mass is 10.1. The molecule has 0 unspecified atom stereocenters. The maximum atomic E-state index is 11.7. The van der Waals surface area contributed by atoms with Crippen LogP contribution in [0.5, 0.6) is 0 Å². The fourth-order valence-corrected chi connectivity index (χ4v) is 2.18. The van der Waals surface area contributed by atoms with Crippen molar-refractivity contribution in [3.8, 4) is 0 Å². The molecule has 2 rings (SSSR count). The first kappa shape index (κ1) is 14.8. The van der Waals surface area contributed by atoms with E-state index in [-0.39, 0.29) is 5.56 Å². The number of benzene rings is 1. The molecule has 0 spiro atoms. The van der Waals surface area contributed by atoms with Crippen molar-refractivity contribution in [2.24, 2.45) is 0 Å². The number of hydrogen-bond donors (Lipinski definition) is 2. The number of rotatable bonds is 6. The highest BCUT2D eigenvalue weighted by atomic mass is 35.5. The van der Waals surface area contributed by atoms with Crippen molar-refractivity contribution in [3.05, 3.63) is 62.8 Å². The maximum absolute atomic E-state index is 11.7. The lowest BCUT2D eigenvalue weighted by Crippen LogP contribution is -2.19. The zero-order valence-corrected chi connectivity index (χ0v) is 12.2. The van der Waals surface area contributed by atoms with Gasteiger partial charge >= 0.3 is 0 Å². The number of nitrogens with zero attached hydrogens (tertiary/aromatic N) is 1. The molecule has 0 fully saturated rings. The smallest absolute Gasteiger partial charge is 0.251 e. The summed E-state index contributed by atoms with van der Waals surface area (Å²) in [6.07, 6.45) is 1.62. The minimum atomic E-state index is -0.120. The van der Waals surface area contributed by atoms with Crippen LogP contribution in [-0.4, -0.2) is 16.5 Å². The largest absolute Gasteiger partial charge is 0.311 e. The Balaban J connectivity index is 2.13. The van der Waals surface area contributed by atoms with E-state index in [1.807, 2.05) is 24.3 Å². The third-order valence-corrected chi connectivity index (χ3v) is 3.07. The molecule has 0 saturated heterocycles. The Morgan fingerprint density at radius 2 is 2.20 bits per heavy atom. The van der Waals surface area contributed by atoms with Gasteiger partial charge in [-0.2, -0.15) is 0 Å². The lowest BCUT2D eigenvalue weighted by Gasteiger charge is -2.06. The highest BCUT2D eigenvalue weighted by Gasteiger charge is 2.03. The summed E-state index contributed by atoms with van der Waals surface area (Å²) in [5.74, 6) is 0.660. The molecule has 2 aromatic rings. The Kier molecular flexibility index (Phi) is 5.32. The van der Waals surface area contributed by atoms with Gasteiger partial charge < -0.3 is 10.3 Å². The summed E-state index contributed by atoms with van der Waals surface area (Å²) in [5, 5.41) is 3.93. The summed E-state index contributed by atoms with van der Waals surface area (Å²) >= 11 is 5.96. The summed E-state index contributed by atoms with van der Waals surface area (Å²) in [6.45, 7) is 3.63. The van der Waals surface area contributed by atoms with Crippen LogP contribution in [0, 0.1) is 0 Å². The normalized spacial score (nSPS) is 10.7. The molecule has 1 aromatic heterocycles. The Morgan fingerprint density at radius 1 is 1.35 bits per heavy atom. The first-order valence-electron chi connectivity index (χ1n) is 6.71. The average Bonchev–Trinajstić information content (AvgIpc) is 2.38. The van der Waals surface area contributed by atoms with Crippen molar-refractivity contribution < 1.29 is 0 Å². The van der Waals surface area contributed by atoms with Crippen molar-refractivity contribution in [3.63, 3.8) is 0 Å². The molecule has 0 atom stereocenters. The van der Waals surface area contributed by atoms with E-state index in [4.69, 9.17) is 11.6 Å². The van der Waals surface area contributed by atoms with Crippen molar-refractivity contribution in [2.75, 3.05) is 6.54 Å². The van der Waals surface area contributed by atoms with Gasteiger partial charge in [-0.05, 0) is 30.7 Å². The molecule has 0 aliphatic rings. The van der Waals surface area contributed by atoms with Gasteiger partial charge in [0, 0.05) is 24.1 Å². The van der Waals surface area contributed by atoms with E-state index in [1.54, 1.807) is 0 Å². The predicted octanol–water partition coefficient (Wildman–Crippen LogP) is 2.51. The highest BCUT2D eigenvalue weighted by Crippen LogP contribution is 2.12.